The van der Waals surface area contributed by atoms with Crippen LogP contribution in [0.5, 0.6) is 5.75 Å². The Balaban J connectivity index is 1.28. The molecule has 0 bridgehead atoms. The molecule has 1 N–H and O–H groups in total. The van der Waals surface area contributed by atoms with Crippen LogP contribution in [-0.2, 0) is 22.0 Å². The number of ether oxygens (including phenoxy) is 1. The van der Waals surface area contributed by atoms with Crippen molar-refractivity contribution in [2.75, 3.05) is 18.1 Å². The van der Waals surface area contributed by atoms with E-state index in [1.807, 2.05) is 44.6 Å². The number of hydrogen-bond acceptors (Lipinski definition) is 7. The standard InChI is InChI=1S/C27H28N6O3S/c1-5-32-25-20(24-29-11-12-33(24)23-17(2)8-10-28-26(23)32)14-18(16-30-25)9-13-36-19-6-7-22-21(15-19)27(3,4)31-37(22,34)35/h6-8,10-12,14-16,31H,5,9,13H2,1-4H3. The second-order valence-corrected chi connectivity index (χ2v) is 11.5. The largest absolute Gasteiger partial charge is 0.493 e. The minimum atomic E-state index is -3.48. The van der Waals surface area contributed by atoms with Gasteiger partial charge in [0.25, 0.3) is 0 Å². The predicted octanol–water partition coefficient (Wildman–Crippen LogP) is 4.26. The Hall–Kier alpha value is -3.76. The summed E-state index contributed by atoms with van der Waals surface area (Å²) in [4.78, 5) is 16.7. The number of fused-ring (bicyclic) bond motifs is 6. The van der Waals surface area contributed by atoms with Crippen LogP contribution in [0.25, 0.3) is 17.1 Å². The molecule has 4 aromatic rings. The van der Waals surface area contributed by atoms with Crippen LogP contribution in [0.4, 0.5) is 11.6 Å². The van der Waals surface area contributed by atoms with Crippen LogP contribution in [0.2, 0.25) is 0 Å². The van der Waals surface area contributed by atoms with Gasteiger partial charge in [0.15, 0.2) is 5.82 Å². The van der Waals surface area contributed by atoms with Gasteiger partial charge in [0.05, 0.1) is 28.3 Å². The lowest BCUT2D eigenvalue weighted by molar-refractivity contribution is 0.320. The van der Waals surface area contributed by atoms with Gasteiger partial charge >= 0.3 is 0 Å². The first-order chi connectivity index (χ1) is 17.7. The molecule has 5 heterocycles. The van der Waals surface area contributed by atoms with Crippen molar-refractivity contribution in [1.29, 1.82) is 0 Å². The maximum atomic E-state index is 12.4. The zero-order chi connectivity index (χ0) is 25.9. The summed E-state index contributed by atoms with van der Waals surface area (Å²) in [7, 11) is -3.48. The minimum Gasteiger partial charge on any atom is -0.493 e. The van der Waals surface area contributed by atoms with Crippen molar-refractivity contribution < 1.29 is 13.2 Å². The molecule has 2 aliphatic rings. The number of nitrogens with zero attached hydrogens (tertiary/aromatic N) is 5. The Kier molecular flexibility index (Phi) is 5.36. The predicted molar refractivity (Wildman–Crippen MR) is 141 cm³/mol. The van der Waals surface area contributed by atoms with Gasteiger partial charge in [-0.05, 0) is 74.7 Å². The van der Waals surface area contributed by atoms with Gasteiger partial charge in [-0.3, -0.25) is 4.57 Å². The highest BCUT2D eigenvalue weighted by molar-refractivity contribution is 7.89. The number of aromatic nitrogens is 4. The molecule has 190 valence electrons. The molecule has 0 spiro atoms. The number of aryl methyl sites for hydroxylation is 1. The molecule has 0 unspecified atom stereocenters. The van der Waals surface area contributed by atoms with Crippen molar-refractivity contribution in [3.8, 4) is 22.8 Å². The van der Waals surface area contributed by atoms with Crippen LogP contribution in [0, 0.1) is 6.92 Å². The number of anilines is 2. The highest BCUT2D eigenvalue weighted by Crippen LogP contribution is 2.41. The van der Waals surface area contributed by atoms with Crippen molar-refractivity contribution in [1.82, 2.24) is 24.2 Å². The molecule has 1 aromatic carbocycles. The van der Waals surface area contributed by atoms with Crippen LogP contribution in [0.3, 0.4) is 0 Å². The quantitative estimate of drug-likeness (QED) is 0.423. The van der Waals surface area contributed by atoms with E-state index in [2.05, 4.69) is 39.1 Å². The van der Waals surface area contributed by atoms with Gasteiger partial charge in [-0.25, -0.2) is 28.1 Å². The molecule has 0 fully saturated rings. The molecule has 10 heteroatoms. The SMILES string of the molecule is CCN1c2ncc(CCOc3ccc4c(c3)C(C)(C)NS4(=O)=O)cc2-c2nccn2-c2c(C)ccnc21. The summed E-state index contributed by atoms with van der Waals surface area (Å²) in [6, 6.07) is 9.26. The number of imidazole rings is 1. The maximum absolute atomic E-state index is 12.4. The van der Waals surface area contributed by atoms with Crippen molar-refractivity contribution >= 4 is 21.7 Å². The van der Waals surface area contributed by atoms with E-state index in [-0.39, 0.29) is 0 Å². The van der Waals surface area contributed by atoms with Crippen molar-refractivity contribution in [3.05, 3.63) is 71.8 Å². The monoisotopic (exact) mass is 516 g/mol. The molecule has 9 nitrogen and oxygen atoms in total. The molecular formula is C27H28N6O3S. The van der Waals surface area contributed by atoms with Gasteiger partial charge in [0.1, 0.15) is 17.4 Å². The molecule has 3 aromatic heterocycles. The number of rotatable bonds is 5. The number of hydrogen-bond donors (Lipinski definition) is 1. The van der Waals surface area contributed by atoms with E-state index >= 15 is 0 Å². The van der Waals surface area contributed by atoms with Gasteiger partial charge in [0, 0.05) is 37.8 Å². The van der Waals surface area contributed by atoms with Crippen molar-refractivity contribution in [2.45, 2.75) is 44.6 Å². The average molecular weight is 517 g/mol. The second kappa shape index (κ2) is 8.39. The Labute approximate surface area is 216 Å². The first-order valence-electron chi connectivity index (χ1n) is 12.3. The molecule has 0 aliphatic carbocycles. The summed E-state index contributed by atoms with van der Waals surface area (Å²) >= 11 is 0. The lowest BCUT2D eigenvalue weighted by Crippen LogP contribution is -2.32. The highest BCUT2D eigenvalue weighted by Gasteiger charge is 2.40. The van der Waals surface area contributed by atoms with Crippen LogP contribution < -0.4 is 14.4 Å². The van der Waals surface area contributed by atoms with Crippen LogP contribution >= 0.6 is 0 Å². The molecule has 6 rings (SSSR count). The fourth-order valence-corrected chi connectivity index (χ4v) is 6.93. The molecule has 0 saturated heterocycles. The summed E-state index contributed by atoms with van der Waals surface area (Å²) in [5.41, 5.74) is 4.13. The van der Waals surface area contributed by atoms with Crippen LogP contribution in [0.1, 0.15) is 37.5 Å². The van der Waals surface area contributed by atoms with E-state index < -0.39 is 15.6 Å². The Morgan fingerprint density at radius 3 is 2.70 bits per heavy atom. The van der Waals surface area contributed by atoms with Gasteiger partial charge in [0.2, 0.25) is 10.0 Å². The maximum Gasteiger partial charge on any atom is 0.241 e. The van der Waals surface area contributed by atoms with Gasteiger partial charge in [-0.1, -0.05) is 0 Å². The lowest BCUT2D eigenvalue weighted by Gasteiger charge is -2.23. The molecule has 37 heavy (non-hydrogen) atoms. The molecular weight excluding hydrogens is 488 g/mol. The van der Waals surface area contributed by atoms with E-state index in [0.29, 0.717) is 29.2 Å². The number of sulfonamides is 1. The third kappa shape index (κ3) is 3.79. The summed E-state index contributed by atoms with van der Waals surface area (Å²) in [6.45, 7) is 9.01. The molecule has 2 aliphatic heterocycles. The first-order valence-corrected chi connectivity index (χ1v) is 13.8. The van der Waals surface area contributed by atoms with Crippen molar-refractivity contribution in [3.63, 3.8) is 0 Å². The number of benzene rings is 1. The van der Waals surface area contributed by atoms with Gasteiger partial charge in [-0.15, -0.1) is 0 Å². The Bertz CT molecular complexity index is 1640. The second-order valence-electron chi connectivity index (χ2n) is 9.87. The van der Waals surface area contributed by atoms with E-state index in [1.54, 1.807) is 18.3 Å². The normalized spacial score (nSPS) is 16.4. The smallest absolute Gasteiger partial charge is 0.241 e. The zero-order valence-corrected chi connectivity index (χ0v) is 22.0. The average Bonchev–Trinajstić information content (AvgIpc) is 3.37. The van der Waals surface area contributed by atoms with Crippen molar-refractivity contribution in [2.24, 2.45) is 0 Å². The summed E-state index contributed by atoms with van der Waals surface area (Å²) in [5.74, 6) is 3.15. The van der Waals surface area contributed by atoms with E-state index in [4.69, 9.17) is 14.7 Å². The van der Waals surface area contributed by atoms with Gasteiger partial charge < -0.3 is 9.64 Å². The number of nitrogens with one attached hydrogen (secondary N) is 1. The van der Waals surface area contributed by atoms with E-state index in [0.717, 1.165) is 46.4 Å². The van der Waals surface area contributed by atoms with E-state index in [9.17, 15) is 8.42 Å². The summed E-state index contributed by atoms with van der Waals surface area (Å²) in [5, 5.41) is 0. The third-order valence-corrected chi connectivity index (χ3v) is 8.66. The molecule has 0 atom stereocenters. The first kappa shape index (κ1) is 23.6. The van der Waals surface area contributed by atoms with Crippen LogP contribution in [0.15, 0.2) is 60.0 Å². The Morgan fingerprint density at radius 2 is 1.89 bits per heavy atom. The fourth-order valence-electron chi connectivity index (χ4n) is 5.19. The Morgan fingerprint density at radius 1 is 1.05 bits per heavy atom. The topological polar surface area (TPSA) is 102 Å². The van der Waals surface area contributed by atoms with Gasteiger partial charge in [-0.2, -0.15) is 0 Å². The number of pyridine rings is 2. The summed E-state index contributed by atoms with van der Waals surface area (Å²) < 4.78 is 35.5. The molecule has 0 amide bonds. The zero-order valence-electron chi connectivity index (χ0n) is 21.2. The lowest BCUT2D eigenvalue weighted by atomic mass is 9.96. The van der Waals surface area contributed by atoms with E-state index in [1.165, 1.54) is 0 Å². The minimum absolute atomic E-state index is 0.307. The highest BCUT2D eigenvalue weighted by atomic mass is 32.2. The molecule has 0 saturated carbocycles. The fraction of sp³-hybridized carbons (Fsp3) is 0.296. The van der Waals surface area contributed by atoms with Crippen LogP contribution in [-0.4, -0.2) is 41.1 Å². The molecule has 0 radical (unpaired) electrons. The third-order valence-electron chi connectivity index (χ3n) is 6.94. The summed E-state index contributed by atoms with van der Waals surface area (Å²) in [6.07, 6.45) is 8.11.